The van der Waals surface area contributed by atoms with Gasteiger partial charge in [0.2, 0.25) is 12.0 Å². The SMILES string of the molecule is O=C(O)C1=C[C@H](O)C(O)[C@H](OC2C3CO[C@H](O3)[C@@H](NS(=O)(=O)O)[C@H]2O)O1. The number of carboxylic acids is 1. The van der Waals surface area contributed by atoms with Crippen LogP contribution in [0, 0.1) is 0 Å². The van der Waals surface area contributed by atoms with Crippen LogP contribution in [-0.2, 0) is 34.0 Å². The summed E-state index contributed by atoms with van der Waals surface area (Å²) in [5.74, 6) is -2.19. The fourth-order valence-corrected chi connectivity index (χ4v) is 3.48. The van der Waals surface area contributed by atoms with Gasteiger partial charge in [0.15, 0.2) is 6.29 Å². The molecule has 2 fully saturated rings. The first-order chi connectivity index (χ1) is 12.1. The van der Waals surface area contributed by atoms with Crippen LogP contribution in [0.3, 0.4) is 0 Å². The van der Waals surface area contributed by atoms with Gasteiger partial charge in [0.25, 0.3) is 0 Å². The molecule has 14 heteroatoms. The molecule has 0 saturated carbocycles. The van der Waals surface area contributed by atoms with Gasteiger partial charge in [0.1, 0.15) is 36.6 Å². The number of hydrogen-bond donors (Lipinski definition) is 6. The van der Waals surface area contributed by atoms with E-state index in [1.54, 1.807) is 4.72 Å². The zero-order chi connectivity index (χ0) is 19.2. The Morgan fingerprint density at radius 3 is 2.58 bits per heavy atom. The van der Waals surface area contributed by atoms with Crippen LogP contribution in [0.1, 0.15) is 0 Å². The van der Waals surface area contributed by atoms with E-state index < -0.39 is 71.2 Å². The van der Waals surface area contributed by atoms with Crippen molar-refractivity contribution in [3.8, 4) is 0 Å². The highest BCUT2D eigenvalue weighted by molar-refractivity contribution is 7.83. The van der Waals surface area contributed by atoms with Crippen LogP contribution in [-0.4, -0.2) is 95.1 Å². The van der Waals surface area contributed by atoms with E-state index >= 15 is 0 Å². The van der Waals surface area contributed by atoms with Gasteiger partial charge in [-0.05, 0) is 6.08 Å². The van der Waals surface area contributed by atoms with E-state index in [9.17, 15) is 28.5 Å². The first kappa shape index (κ1) is 19.4. The summed E-state index contributed by atoms with van der Waals surface area (Å²) in [4.78, 5) is 11.0. The topological polar surface area (TPSA) is 201 Å². The highest BCUT2D eigenvalue weighted by Crippen LogP contribution is 2.32. The lowest BCUT2D eigenvalue weighted by molar-refractivity contribution is -0.274. The number of fused-ring (bicyclic) bond motifs is 2. The number of rotatable bonds is 5. The van der Waals surface area contributed by atoms with Crippen molar-refractivity contribution < 1.29 is 57.1 Å². The number of ether oxygens (including phenoxy) is 4. The quantitative estimate of drug-likeness (QED) is 0.247. The van der Waals surface area contributed by atoms with Crippen molar-refractivity contribution in [3.05, 3.63) is 11.8 Å². The van der Waals surface area contributed by atoms with Gasteiger partial charge in [-0.2, -0.15) is 13.1 Å². The van der Waals surface area contributed by atoms with E-state index in [0.717, 1.165) is 6.08 Å². The molecule has 3 heterocycles. The first-order valence-corrected chi connectivity index (χ1v) is 8.84. The van der Waals surface area contributed by atoms with Gasteiger partial charge >= 0.3 is 16.3 Å². The Bertz CT molecular complexity index is 694. The molecule has 0 aromatic rings. The van der Waals surface area contributed by atoms with Crippen LogP contribution in [0.15, 0.2) is 11.8 Å². The van der Waals surface area contributed by atoms with Crippen molar-refractivity contribution in [3.63, 3.8) is 0 Å². The maximum Gasteiger partial charge on any atom is 0.371 e. The van der Waals surface area contributed by atoms with Gasteiger partial charge in [-0.15, -0.1) is 0 Å². The molecule has 3 rings (SSSR count). The van der Waals surface area contributed by atoms with Crippen molar-refractivity contribution in [2.24, 2.45) is 0 Å². The van der Waals surface area contributed by atoms with Gasteiger partial charge < -0.3 is 39.4 Å². The van der Waals surface area contributed by atoms with E-state index in [2.05, 4.69) is 0 Å². The van der Waals surface area contributed by atoms with E-state index in [1.165, 1.54) is 0 Å². The Hall–Kier alpha value is -1.36. The molecular formula is C12H17NO12S. The third-order valence-corrected chi connectivity index (χ3v) is 4.65. The number of aliphatic hydroxyl groups excluding tert-OH is 3. The van der Waals surface area contributed by atoms with Gasteiger partial charge in [-0.3, -0.25) is 4.55 Å². The van der Waals surface area contributed by atoms with Crippen LogP contribution in [0.25, 0.3) is 0 Å². The predicted octanol–water partition coefficient (Wildman–Crippen LogP) is -3.70. The molecule has 0 aromatic heterocycles. The molecule has 8 atom stereocenters. The predicted molar refractivity (Wildman–Crippen MR) is 76.6 cm³/mol. The number of nitrogens with one attached hydrogen (secondary N) is 1. The zero-order valence-electron chi connectivity index (χ0n) is 12.9. The average Bonchev–Trinajstić information content (AvgIpc) is 2.97. The summed E-state index contributed by atoms with van der Waals surface area (Å²) in [5, 5.41) is 39.0. The minimum atomic E-state index is -4.71. The molecule has 148 valence electrons. The second kappa shape index (κ2) is 6.99. The smallest absolute Gasteiger partial charge is 0.371 e. The van der Waals surface area contributed by atoms with Crippen molar-refractivity contribution in [2.75, 3.05) is 6.61 Å². The second-order valence-corrected chi connectivity index (χ2v) is 7.08. The highest BCUT2D eigenvalue weighted by atomic mass is 32.2. The lowest BCUT2D eigenvalue weighted by Crippen LogP contribution is -2.62. The molecule has 0 radical (unpaired) electrons. The van der Waals surface area contributed by atoms with E-state index in [1.807, 2.05) is 0 Å². The molecule has 0 aromatic carbocycles. The average molecular weight is 399 g/mol. The summed E-state index contributed by atoms with van der Waals surface area (Å²) in [7, 11) is -4.71. The highest BCUT2D eigenvalue weighted by Gasteiger charge is 2.53. The van der Waals surface area contributed by atoms with E-state index in [0.29, 0.717) is 0 Å². The van der Waals surface area contributed by atoms with Crippen molar-refractivity contribution in [1.82, 2.24) is 4.72 Å². The largest absolute Gasteiger partial charge is 0.475 e. The maximum atomic E-state index is 11.0. The number of aliphatic hydroxyl groups is 3. The fraction of sp³-hybridized carbons (Fsp3) is 0.750. The lowest BCUT2D eigenvalue weighted by Gasteiger charge is -2.40. The number of hydrogen-bond acceptors (Lipinski definition) is 10. The lowest BCUT2D eigenvalue weighted by atomic mass is 9.99. The third kappa shape index (κ3) is 3.83. The van der Waals surface area contributed by atoms with Crippen LogP contribution >= 0.6 is 0 Å². The van der Waals surface area contributed by atoms with Crippen molar-refractivity contribution in [1.29, 1.82) is 0 Å². The van der Waals surface area contributed by atoms with Crippen LogP contribution < -0.4 is 4.72 Å². The monoisotopic (exact) mass is 399 g/mol. The number of carbonyl (C=O) groups is 1. The van der Waals surface area contributed by atoms with Crippen LogP contribution in [0.5, 0.6) is 0 Å². The summed E-state index contributed by atoms with van der Waals surface area (Å²) in [6, 6.07) is -1.44. The maximum absolute atomic E-state index is 11.0. The first-order valence-electron chi connectivity index (χ1n) is 7.40. The van der Waals surface area contributed by atoms with Crippen molar-refractivity contribution in [2.45, 2.75) is 49.1 Å². The molecule has 0 amide bonds. The molecular weight excluding hydrogens is 382 g/mol. The summed E-state index contributed by atoms with van der Waals surface area (Å²) in [6.45, 7) is -0.108. The van der Waals surface area contributed by atoms with Gasteiger partial charge in [-0.25, -0.2) is 4.79 Å². The van der Waals surface area contributed by atoms with Crippen LogP contribution in [0.4, 0.5) is 0 Å². The minimum Gasteiger partial charge on any atom is -0.475 e. The molecule has 3 aliphatic heterocycles. The van der Waals surface area contributed by atoms with Gasteiger partial charge in [0, 0.05) is 0 Å². The third-order valence-electron chi connectivity index (χ3n) is 4.08. The molecule has 26 heavy (non-hydrogen) atoms. The fourth-order valence-electron chi connectivity index (χ4n) is 2.89. The number of carboxylic acid groups (broad SMARTS) is 1. The summed E-state index contributed by atoms with van der Waals surface area (Å²) >= 11 is 0. The standard InChI is InChI=1S/C12H17NO12S/c14-3-1-4(10(17)18)23-12(7(3)15)25-9-5-2-22-11(24-5)6(8(9)16)13-26(19,20)21/h1,3,5-9,11-16H,2H2,(H,17,18)(H,19,20,21)/t3-,5?,6-,7?,8+,9?,11+,12-/m0/s1. The summed E-state index contributed by atoms with van der Waals surface area (Å²) < 4.78 is 53.6. The molecule has 3 unspecified atom stereocenters. The normalized spacial score (nSPS) is 42.8. The molecule has 6 N–H and O–H groups in total. The van der Waals surface area contributed by atoms with E-state index in [4.69, 9.17) is 28.6 Å². The summed E-state index contributed by atoms with van der Waals surface area (Å²) in [5.41, 5.74) is 0. The zero-order valence-corrected chi connectivity index (χ0v) is 13.7. The molecule has 2 bridgehead atoms. The van der Waals surface area contributed by atoms with Crippen LogP contribution in [0.2, 0.25) is 0 Å². The number of aliphatic carboxylic acids is 1. The van der Waals surface area contributed by atoms with Gasteiger partial charge in [-0.1, -0.05) is 0 Å². The second-order valence-electron chi connectivity index (χ2n) is 5.89. The molecule has 2 saturated heterocycles. The van der Waals surface area contributed by atoms with E-state index in [-0.39, 0.29) is 6.61 Å². The summed E-state index contributed by atoms with van der Waals surface area (Å²) in [6.07, 6.45) is -9.20. The Kier molecular flexibility index (Phi) is 5.22. The van der Waals surface area contributed by atoms with Gasteiger partial charge in [0.05, 0.1) is 6.61 Å². The van der Waals surface area contributed by atoms with Crippen molar-refractivity contribution >= 4 is 16.3 Å². The molecule has 0 aliphatic carbocycles. The molecule has 3 aliphatic rings. The molecule has 0 spiro atoms. The Labute approximate surface area is 146 Å². The Morgan fingerprint density at radius 2 is 1.96 bits per heavy atom. The minimum absolute atomic E-state index is 0.108. The Balaban J connectivity index is 1.78. The Morgan fingerprint density at radius 1 is 1.27 bits per heavy atom. The molecule has 13 nitrogen and oxygen atoms in total.